The molecule has 0 bridgehead atoms. The smallest absolute Gasteiger partial charge is 0.312 e. The summed E-state index contributed by atoms with van der Waals surface area (Å²) in [6, 6.07) is 8.24. The van der Waals surface area contributed by atoms with E-state index in [0.717, 1.165) is 29.3 Å². The average molecular weight is 291 g/mol. The Bertz CT molecular complexity index is 563. The summed E-state index contributed by atoms with van der Waals surface area (Å²) in [7, 11) is 3.09. The number of esters is 1. The molecule has 1 heterocycles. The second kappa shape index (κ2) is 7.17. The Morgan fingerprint density at radius 2 is 2.00 bits per heavy atom. The van der Waals surface area contributed by atoms with Gasteiger partial charge in [-0.2, -0.15) is 0 Å². The number of nitrogens with zero attached hydrogens (tertiary/aromatic N) is 1. The predicted octanol–water partition coefficient (Wildman–Crippen LogP) is 2.71. The first-order chi connectivity index (χ1) is 9.72. The molecule has 0 atom stereocenters. The highest BCUT2D eigenvalue weighted by Gasteiger charge is 2.09. The molecule has 2 aromatic rings. The van der Waals surface area contributed by atoms with E-state index in [9.17, 15) is 4.79 Å². The first kappa shape index (κ1) is 14.7. The summed E-state index contributed by atoms with van der Waals surface area (Å²) in [4.78, 5) is 15.7. The van der Waals surface area contributed by atoms with Gasteiger partial charge in [-0.05, 0) is 12.0 Å². The number of hydrogen-bond donors (Lipinski definition) is 0. The van der Waals surface area contributed by atoms with Crippen molar-refractivity contribution in [2.75, 3.05) is 20.8 Å². The minimum absolute atomic E-state index is 0.229. The van der Waals surface area contributed by atoms with Gasteiger partial charge in [0, 0.05) is 18.1 Å². The quantitative estimate of drug-likeness (QED) is 0.768. The fourth-order valence-electron chi connectivity index (χ4n) is 1.78. The Kier molecular flexibility index (Phi) is 5.26. The van der Waals surface area contributed by atoms with Crippen molar-refractivity contribution in [2.45, 2.75) is 12.8 Å². The van der Waals surface area contributed by atoms with Crippen LogP contribution in [-0.2, 0) is 27.1 Å². The maximum Gasteiger partial charge on any atom is 0.312 e. The molecule has 0 radical (unpaired) electrons. The van der Waals surface area contributed by atoms with Crippen LogP contribution in [0.1, 0.15) is 10.6 Å². The van der Waals surface area contributed by atoms with Crippen LogP contribution < -0.4 is 0 Å². The average Bonchev–Trinajstić information content (AvgIpc) is 2.94. The van der Waals surface area contributed by atoms with Crippen LogP contribution in [0.3, 0.4) is 0 Å². The number of rotatable bonds is 6. The second-order valence-corrected chi connectivity index (χ2v) is 5.26. The van der Waals surface area contributed by atoms with Gasteiger partial charge in [0.2, 0.25) is 0 Å². The van der Waals surface area contributed by atoms with Gasteiger partial charge in [-0.3, -0.25) is 4.79 Å². The Morgan fingerprint density at radius 3 is 2.65 bits per heavy atom. The zero-order valence-corrected chi connectivity index (χ0v) is 12.4. The van der Waals surface area contributed by atoms with E-state index in [1.165, 1.54) is 24.0 Å². The maximum atomic E-state index is 11.2. The lowest BCUT2D eigenvalue weighted by Gasteiger charge is -2.02. The molecule has 0 saturated carbocycles. The third-order valence-corrected chi connectivity index (χ3v) is 3.77. The molecule has 0 aliphatic rings. The normalized spacial score (nSPS) is 10.5. The van der Waals surface area contributed by atoms with Gasteiger partial charge in [-0.1, -0.05) is 24.3 Å². The van der Waals surface area contributed by atoms with Crippen molar-refractivity contribution in [2.24, 2.45) is 0 Å². The van der Waals surface area contributed by atoms with Crippen molar-refractivity contribution >= 4 is 17.3 Å². The van der Waals surface area contributed by atoms with Gasteiger partial charge in [-0.15, -0.1) is 11.3 Å². The number of thiazole rings is 1. The fraction of sp³-hybridized carbons (Fsp3) is 0.333. The van der Waals surface area contributed by atoms with Crippen LogP contribution in [0.4, 0.5) is 0 Å². The van der Waals surface area contributed by atoms with Crippen LogP contribution in [0.15, 0.2) is 29.6 Å². The summed E-state index contributed by atoms with van der Waals surface area (Å²) < 4.78 is 9.70. The van der Waals surface area contributed by atoms with Crippen LogP contribution >= 0.6 is 11.3 Å². The molecule has 0 spiro atoms. The summed E-state index contributed by atoms with van der Waals surface area (Å²) >= 11 is 1.47. The topological polar surface area (TPSA) is 48.4 Å². The van der Waals surface area contributed by atoms with Gasteiger partial charge < -0.3 is 9.47 Å². The lowest BCUT2D eigenvalue weighted by Crippen LogP contribution is -2.03. The summed E-state index contributed by atoms with van der Waals surface area (Å²) in [6.07, 6.45) is 1.13. The van der Waals surface area contributed by atoms with Crippen molar-refractivity contribution in [3.8, 4) is 11.3 Å². The van der Waals surface area contributed by atoms with Crippen LogP contribution in [0.25, 0.3) is 11.3 Å². The van der Waals surface area contributed by atoms with Gasteiger partial charge in [0.15, 0.2) is 0 Å². The highest BCUT2D eigenvalue weighted by Crippen LogP contribution is 2.22. The first-order valence-electron chi connectivity index (χ1n) is 6.32. The fourth-order valence-corrected chi connectivity index (χ4v) is 2.57. The molecule has 4 nitrogen and oxygen atoms in total. The van der Waals surface area contributed by atoms with E-state index in [-0.39, 0.29) is 12.4 Å². The summed E-state index contributed by atoms with van der Waals surface area (Å²) in [5.41, 5.74) is 3.19. The number of carbonyl (C=O) groups is 1. The van der Waals surface area contributed by atoms with Crippen LogP contribution in [0.2, 0.25) is 0 Å². The Labute approximate surface area is 122 Å². The lowest BCUT2D eigenvalue weighted by molar-refractivity contribution is -0.139. The van der Waals surface area contributed by atoms with E-state index in [1.807, 2.05) is 17.5 Å². The zero-order chi connectivity index (χ0) is 14.4. The minimum atomic E-state index is -0.263. The highest BCUT2D eigenvalue weighted by atomic mass is 32.1. The number of carbonyl (C=O) groups excluding carboxylic acids is 1. The van der Waals surface area contributed by atoms with Crippen LogP contribution in [-0.4, -0.2) is 31.8 Å². The minimum Gasteiger partial charge on any atom is -0.469 e. The first-order valence-corrected chi connectivity index (χ1v) is 7.20. The number of aromatic nitrogens is 1. The molecule has 1 aromatic carbocycles. The molecule has 0 fully saturated rings. The summed E-state index contributed by atoms with van der Waals surface area (Å²) in [5, 5.41) is 2.73. The lowest BCUT2D eigenvalue weighted by atomic mass is 10.1. The molecule has 0 saturated heterocycles. The Morgan fingerprint density at radius 1 is 1.25 bits per heavy atom. The van der Waals surface area contributed by atoms with Crippen molar-refractivity contribution in [3.05, 3.63) is 40.2 Å². The molecule has 0 unspecified atom stereocenters. The van der Waals surface area contributed by atoms with Crippen molar-refractivity contribution < 1.29 is 14.3 Å². The summed E-state index contributed by atoms with van der Waals surface area (Å²) in [6.45, 7) is 0.722. The third kappa shape index (κ3) is 3.88. The van der Waals surface area contributed by atoms with E-state index in [2.05, 4.69) is 21.9 Å². The van der Waals surface area contributed by atoms with E-state index < -0.39 is 0 Å². The van der Waals surface area contributed by atoms with E-state index in [0.29, 0.717) is 0 Å². The molecule has 106 valence electrons. The molecule has 0 N–H and O–H groups in total. The van der Waals surface area contributed by atoms with Crippen LogP contribution in [0, 0.1) is 0 Å². The standard InChI is InChI=1S/C15H17NO3S/c1-18-8-7-11-3-5-12(6-4-11)13-10-20-14(16-13)9-15(17)19-2/h3-6,10H,7-9H2,1-2H3. The zero-order valence-electron chi connectivity index (χ0n) is 11.6. The monoisotopic (exact) mass is 291 g/mol. The summed E-state index contributed by atoms with van der Waals surface area (Å²) in [5.74, 6) is -0.263. The number of methoxy groups -OCH3 is 2. The van der Waals surface area contributed by atoms with E-state index in [1.54, 1.807) is 7.11 Å². The molecule has 2 rings (SSSR count). The molecule has 5 heteroatoms. The van der Waals surface area contributed by atoms with Crippen molar-refractivity contribution in [3.63, 3.8) is 0 Å². The molecular formula is C15H17NO3S. The largest absolute Gasteiger partial charge is 0.469 e. The van der Waals surface area contributed by atoms with Gasteiger partial charge in [-0.25, -0.2) is 4.98 Å². The van der Waals surface area contributed by atoms with E-state index >= 15 is 0 Å². The highest BCUT2D eigenvalue weighted by molar-refractivity contribution is 7.10. The Balaban J connectivity index is 2.06. The van der Waals surface area contributed by atoms with Gasteiger partial charge in [0.25, 0.3) is 0 Å². The molecule has 0 amide bonds. The van der Waals surface area contributed by atoms with Gasteiger partial charge in [0.05, 0.1) is 25.8 Å². The number of hydrogen-bond acceptors (Lipinski definition) is 5. The van der Waals surface area contributed by atoms with Gasteiger partial charge in [0.1, 0.15) is 5.01 Å². The molecule has 0 aliphatic heterocycles. The predicted molar refractivity (Wildman–Crippen MR) is 78.9 cm³/mol. The number of benzene rings is 1. The van der Waals surface area contributed by atoms with Crippen molar-refractivity contribution in [1.82, 2.24) is 4.98 Å². The second-order valence-electron chi connectivity index (χ2n) is 4.32. The van der Waals surface area contributed by atoms with E-state index in [4.69, 9.17) is 4.74 Å². The maximum absolute atomic E-state index is 11.2. The molecular weight excluding hydrogens is 274 g/mol. The van der Waals surface area contributed by atoms with Crippen LogP contribution in [0.5, 0.6) is 0 Å². The SMILES string of the molecule is COCCc1ccc(-c2csc(CC(=O)OC)n2)cc1. The van der Waals surface area contributed by atoms with Crippen molar-refractivity contribution in [1.29, 1.82) is 0 Å². The molecule has 0 aliphatic carbocycles. The number of ether oxygens (including phenoxy) is 2. The van der Waals surface area contributed by atoms with Gasteiger partial charge >= 0.3 is 5.97 Å². The Hall–Kier alpha value is -1.72. The molecule has 20 heavy (non-hydrogen) atoms. The molecule has 1 aromatic heterocycles. The third-order valence-electron chi connectivity index (χ3n) is 2.92.